The van der Waals surface area contributed by atoms with Crippen molar-refractivity contribution in [1.82, 2.24) is 9.97 Å². The molecule has 166 valence electrons. The Morgan fingerprint density at radius 1 is 1.12 bits per heavy atom. The molecule has 32 heavy (non-hydrogen) atoms. The number of carbonyl (C=O) groups excluding carboxylic acids is 1. The minimum Gasteiger partial charge on any atom is -0.457 e. The van der Waals surface area contributed by atoms with Gasteiger partial charge in [-0.15, -0.1) is 0 Å². The second-order valence-corrected chi connectivity index (χ2v) is 7.65. The molecular weight excluding hydrogens is 411 g/mol. The van der Waals surface area contributed by atoms with E-state index in [-0.39, 0.29) is 11.5 Å². The van der Waals surface area contributed by atoms with Crippen LogP contribution >= 0.6 is 0 Å². The maximum atomic E-state index is 13.1. The van der Waals surface area contributed by atoms with Crippen molar-refractivity contribution < 1.29 is 18.7 Å². The molecule has 8 heteroatoms. The van der Waals surface area contributed by atoms with E-state index in [1.54, 1.807) is 37.4 Å². The van der Waals surface area contributed by atoms with Crippen molar-refractivity contribution in [2.24, 2.45) is 5.73 Å². The molecule has 0 aliphatic carbocycles. The van der Waals surface area contributed by atoms with Crippen molar-refractivity contribution in [2.75, 3.05) is 25.2 Å². The smallest absolute Gasteiger partial charge is 0.267 e. The molecule has 0 spiro atoms. The van der Waals surface area contributed by atoms with Crippen LogP contribution in [0, 0.1) is 5.82 Å². The van der Waals surface area contributed by atoms with Gasteiger partial charge >= 0.3 is 0 Å². The molecule has 1 atom stereocenters. The van der Waals surface area contributed by atoms with Gasteiger partial charge in [0.1, 0.15) is 28.8 Å². The number of carbonyl (C=O) groups is 1. The summed E-state index contributed by atoms with van der Waals surface area (Å²) in [7, 11) is 1.69. The lowest BCUT2D eigenvalue weighted by atomic mass is 10.1. The van der Waals surface area contributed by atoms with E-state index in [0.29, 0.717) is 35.8 Å². The molecule has 1 aromatic heterocycles. The van der Waals surface area contributed by atoms with Crippen LogP contribution in [0.5, 0.6) is 11.5 Å². The number of primary amides is 1. The van der Waals surface area contributed by atoms with Crippen molar-refractivity contribution in [3.05, 3.63) is 66.1 Å². The highest BCUT2D eigenvalue weighted by Crippen LogP contribution is 2.29. The number of nitrogens with two attached hydrogens (primary N) is 1. The molecule has 0 radical (unpaired) electrons. The Balaban J connectivity index is 1.59. The molecule has 2 heterocycles. The lowest BCUT2D eigenvalue weighted by Gasteiger charge is -2.26. The maximum Gasteiger partial charge on any atom is 0.267 e. The largest absolute Gasteiger partial charge is 0.457 e. The topological polar surface area (TPSA) is 90.6 Å². The van der Waals surface area contributed by atoms with Crippen LogP contribution in [0.15, 0.2) is 54.6 Å². The fourth-order valence-corrected chi connectivity index (χ4v) is 3.84. The summed E-state index contributed by atoms with van der Waals surface area (Å²) in [5.74, 6) is 1.31. The number of nitrogens with zero attached hydrogens (tertiary/aromatic N) is 3. The third kappa shape index (κ3) is 5.03. The van der Waals surface area contributed by atoms with Gasteiger partial charge in [0.2, 0.25) is 0 Å². The second-order valence-electron chi connectivity index (χ2n) is 7.65. The van der Waals surface area contributed by atoms with E-state index in [2.05, 4.69) is 9.88 Å². The van der Waals surface area contributed by atoms with Gasteiger partial charge in [-0.2, -0.15) is 0 Å². The first-order chi connectivity index (χ1) is 15.5. The Hall–Kier alpha value is -3.52. The van der Waals surface area contributed by atoms with Gasteiger partial charge in [-0.25, -0.2) is 14.4 Å². The van der Waals surface area contributed by atoms with Crippen molar-refractivity contribution in [1.29, 1.82) is 0 Å². The number of hydrogen-bond acceptors (Lipinski definition) is 6. The average molecular weight is 436 g/mol. The molecule has 1 saturated heterocycles. The number of anilines is 1. The van der Waals surface area contributed by atoms with Gasteiger partial charge in [0, 0.05) is 37.9 Å². The van der Waals surface area contributed by atoms with E-state index in [1.807, 2.05) is 12.1 Å². The fraction of sp³-hybridized carbons (Fsp3) is 0.292. The zero-order valence-electron chi connectivity index (χ0n) is 17.8. The van der Waals surface area contributed by atoms with Gasteiger partial charge in [-0.1, -0.05) is 0 Å². The van der Waals surface area contributed by atoms with Crippen LogP contribution in [0.4, 0.5) is 10.2 Å². The minimum absolute atomic E-state index is 0.175. The predicted octanol–water partition coefficient (Wildman–Crippen LogP) is 4.18. The molecule has 1 fully saturated rings. The van der Waals surface area contributed by atoms with Crippen LogP contribution < -0.4 is 15.4 Å². The van der Waals surface area contributed by atoms with E-state index in [4.69, 9.17) is 20.2 Å². The number of aromatic nitrogens is 2. The van der Waals surface area contributed by atoms with Gasteiger partial charge in [-0.05, 0) is 67.8 Å². The third-order valence-electron chi connectivity index (χ3n) is 5.45. The molecule has 0 unspecified atom stereocenters. The Morgan fingerprint density at radius 2 is 1.81 bits per heavy atom. The number of ether oxygens (including phenoxy) is 2. The zero-order valence-corrected chi connectivity index (χ0v) is 17.8. The summed E-state index contributed by atoms with van der Waals surface area (Å²) in [5, 5.41) is 0. The molecule has 2 N–H and O–H groups in total. The number of halogens is 1. The van der Waals surface area contributed by atoms with Crippen LogP contribution in [-0.4, -0.2) is 42.2 Å². The maximum absolute atomic E-state index is 13.1. The van der Waals surface area contributed by atoms with E-state index < -0.39 is 5.91 Å². The summed E-state index contributed by atoms with van der Waals surface area (Å²) in [4.78, 5) is 23.2. The summed E-state index contributed by atoms with van der Waals surface area (Å²) in [5.41, 5.74) is 6.45. The quantitative estimate of drug-likeness (QED) is 0.570. The summed E-state index contributed by atoms with van der Waals surface area (Å²) in [6.07, 6.45) is 2.98. The molecule has 0 saturated carbocycles. The standard InChI is InChI=1S/C24H25FN4O3/c1-31-14-12-18-3-2-13-29(18)22-15-21(23(26)30)27-24(28-22)16-4-8-19(9-5-16)32-20-10-6-17(25)7-11-20/h4-11,15,18H,2-3,12-14H2,1H3,(H2,26,30)/t18-/m0/s1. The Kier molecular flexibility index (Phi) is 6.61. The number of benzene rings is 2. The first kappa shape index (κ1) is 21.7. The average Bonchev–Trinajstić information content (AvgIpc) is 3.28. The molecule has 0 bridgehead atoms. The van der Waals surface area contributed by atoms with Crippen LogP contribution in [0.1, 0.15) is 29.8 Å². The van der Waals surface area contributed by atoms with Crippen molar-refractivity contribution in [2.45, 2.75) is 25.3 Å². The van der Waals surface area contributed by atoms with Crippen molar-refractivity contribution >= 4 is 11.7 Å². The highest BCUT2D eigenvalue weighted by atomic mass is 19.1. The van der Waals surface area contributed by atoms with Gasteiger partial charge in [-0.3, -0.25) is 4.79 Å². The SMILES string of the molecule is COCC[C@@H]1CCCN1c1cc(C(N)=O)nc(-c2ccc(Oc3ccc(F)cc3)cc2)n1. The number of hydrogen-bond donors (Lipinski definition) is 1. The fourth-order valence-electron chi connectivity index (χ4n) is 3.84. The van der Waals surface area contributed by atoms with Gasteiger partial charge in [0.15, 0.2) is 5.82 Å². The minimum atomic E-state index is -0.598. The van der Waals surface area contributed by atoms with E-state index in [1.165, 1.54) is 12.1 Å². The third-order valence-corrected chi connectivity index (χ3v) is 5.45. The summed E-state index contributed by atoms with van der Waals surface area (Å²) >= 11 is 0. The normalized spacial score (nSPS) is 15.7. The van der Waals surface area contributed by atoms with E-state index >= 15 is 0 Å². The van der Waals surface area contributed by atoms with Gasteiger partial charge < -0.3 is 20.1 Å². The molecule has 2 aromatic carbocycles. The van der Waals surface area contributed by atoms with Crippen molar-refractivity contribution in [3.8, 4) is 22.9 Å². The lowest BCUT2D eigenvalue weighted by molar-refractivity contribution is 0.0995. The highest BCUT2D eigenvalue weighted by molar-refractivity contribution is 5.92. The first-order valence-electron chi connectivity index (χ1n) is 10.5. The molecular formula is C24H25FN4O3. The summed E-state index contributed by atoms with van der Waals surface area (Å²) in [6, 6.07) is 14.9. The lowest BCUT2D eigenvalue weighted by Crippen LogP contribution is -2.31. The Labute approximate surface area is 186 Å². The molecule has 1 aliphatic rings. The number of rotatable bonds is 8. The molecule has 1 aliphatic heterocycles. The van der Waals surface area contributed by atoms with Crippen LogP contribution in [0.2, 0.25) is 0 Å². The second kappa shape index (κ2) is 9.74. The van der Waals surface area contributed by atoms with E-state index in [9.17, 15) is 9.18 Å². The molecule has 3 aromatic rings. The summed E-state index contributed by atoms with van der Waals surface area (Å²) < 4.78 is 24.1. The summed E-state index contributed by atoms with van der Waals surface area (Å²) in [6.45, 7) is 1.52. The first-order valence-corrected chi connectivity index (χ1v) is 10.5. The number of methoxy groups -OCH3 is 1. The van der Waals surface area contributed by atoms with Gasteiger partial charge in [0.05, 0.1) is 0 Å². The van der Waals surface area contributed by atoms with Gasteiger partial charge in [0.25, 0.3) is 5.91 Å². The Morgan fingerprint density at radius 3 is 2.47 bits per heavy atom. The van der Waals surface area contributed by atoms with E-state index in [0.717, 1.165) is 31.4 Å². The molecule has 1 amide bonds. The molecule has 4 rings (SSSR count). The van der Waals surface area contributed by atoms with Crippen LogP contribution in [0.3, 0.4) is 0 Å². The van der Waals surface area contributed by atoms with Crippen LogP contribution in [-0.2, 0) is 4.74 Å². The number of amides is 1. The highest BCUT2D eigenvalue weighted by Gasteiger charge is 2.27. The molecule has 7 nitrogen and oxygen atoms in total. The monoisotopic (exact) mass is 436 g/mol. The van der Waals surface area contributed by atoms with Crippen LogP contribution in [0.25, 0.3) is 11.4 Å². The Bertz CT molecular complexity index is 1070. The zero-order chi connectivity index (χ0) is 22.5. The predicted molar refractivity (Wildman–Crippen MR) is 119 cm³/mol. The van der Waals surface area contributed by atoms with Crippen molar-refractivity contribution in [3.63, 3.8) is 0 Å².